The van der Waals surface area contributed by atoms with Crippen LogP contribution < -0.4 is 9.64 Å². The van der Waals surface area contributed by atoms with Crippen molar-refractivity contribution in [2.24, 2.45) is 0 Å². The van der Waals surface area contributed by atoms with E-state index in [4.69, 9.17) is 4.74 Å². The van der Waals surface area contributed by atoms with E-state index in [9.17, 15) is 9.59 Å². The summed E-state index contributed by atoms with van der Waals surface area (Å²) in [5.41, 5.74) is 2.48. The molecule has 0 N–H and O–H groups in total. The number of aryl methyl sites for hydroxylation is 1. The van der Waals surface area contributed by atoms with Crippen molar-refractivity contribution in [1.82, 2.24) is 4.90 Å². The molecular weight excluding hydrogens is 328 g/mol. The molecule has 0 spiro atoms. The monoisotopic (exact) mass is 356 g/mol. The van der Waals surface area contributed by atoms with E-state index >= 15 is 0 Å². The molecule has 0 saturated heterocycles. The highest BCUT2D eigenvalue weighted by molar-refractivity contribution is 6.13. The lowest BCUT2D eigenvalue weighted by Crippen LogP contribution is -2.33. The largest absolute Gasteiger partial charge is 0.492 e. The van der Waals surface area contributed by atoms with Crippen molar-refractivity contribution >= 4 is 29.9 Å². The van der Waals surface area contributed by atoms with Crippen molar-refractivity contribution < 1.29 is 14.3 Å². The maximum Gasteiger partial charge on any atom is 0.230 e. The lowest BCUT2D eigenvalue weighted by atomic mass is 9.98. The second-order valence-electron chi connectivity index (χ2n) is 6.36. The summed E-state index contributed by atoms with van der Waals surface area (Å²) in [4.78, 5) is 26.9. The number of nitrogens with zero attached hydrogens (tertiary/aromatic N) is 2. The third kappa shape index (κ3) is 5.80. The van der Waals surface area contributed by atoms with Crippen LogP contribution in [0.15, 0.2) is 12.1 Å². The molecule has 0 radical (unpaired) electrons. The zero-order valence-electron chi connectivity index (χ0n) is 15.7. The smallest absolute Gasteiger partial charge is 0.230 e. The number of imide groups is 1. The maximum absolute atomic E-state index is 11.8. The molecule has 0 fully saturated rings. The predicted octanol–water partition coefficient (Wildman–Crippen LogP) is 3.38. The van der Waals surface area contributed by atoms with Crippen molar-refractivity contribution in [3.8, 4) is 5.75 Å². The summed E-state index contributed by atoms with van der Waals surface area (Å²) < 4.78 is 5.92. The van der Waals surface area contributed by atoms with Crippen LogP contribution in [0.25, 0.3) is 0 Å². The summed E-state index contributed by atoms with van der Waals surface area (Å²) in [6.45, 7) is 10.2. The minimum atomic E-state index is -0.281. The third-order valence-electron chi connectivity index (χ3n) is 3.62. The number of hydrogen-bond acceptors (Lipinski definition) is 4. The molecule has 2 amide bonds. The Kier molecular flexibility index (Phi) is 9.01. The van der Waals surface area contributed by atoms with Crippen molar-refractivity contribution in [3.05, 3.63) is 23.3 Å². The number of carbonyl (C=O) groups excluding carboxylic acids is 2. The van der Waals surface area contributed by atoms with Gasteiger partial charge in [0, 0.05) is 20.4 Å². The second-order valence-corrected chi connectivity index (χ2v) is 6.36. The molecule has 5 nitrogen and oxygen atoms in total. The van der Waals surface area contributed by atoms with E-state index < -0.39 is 0 Å². The van der Waals surface area contributed by atoms with Gasteiger partial charge in [0.25, 0.3) is 0 Å². The van der Waals surface area contributed by atoms with Gasteiger partial charge in [0.15, 0.2) is 0 Å². The molecule has 1 rings (SSSR count). The highest BCUT2D eigenvalue weighted by atomic mass is 35.5. The van der Waals surface area contributed by atoms with Gasteiger partial charge in [-0.05, 0) is 50.2 Å². The molecule has 0 aliphatic rings. The number of ether oxygens (including phenoxy) is 1. The van der Waals surface area contributed by atoms with Gasteiger partial charge < -0.3 is 9.64 Å². The first-order valence-corrected chi connectivity index (χ1v) is 7.88. The Morgan fingerprint density at radius 2 is 1.67 bits per heavy atom. The molecule has 136 valence electrons. The van der Waals surface area contributed by atoms with E-state index in [-0.39, 0.29) is 30.1 Å². The summed E-state index contributed by atoms with van der Waals surface area (Å²) in [6, 6.07) is 3.81. The molecule has 1 aromatic carbocycles. The Morgan fingerprint density at radius 1 is 1.12 bits per heavy atom. The minimum absolute atomic E-state index is 0. The number of rotatable bonds is 6. The number of carbonyl (C=O) groups is 2. The summed E-state index contributed by atoms with van der Waals surface area (Å²) >= 11 is 0. The van der Waals surface area contributed by atoms with Crippen molar-refractivity contribution in [2.75, 3.05) is 32.1 Å². The average molecular weight is 357 g/mol. The molecule has 0 aliphatic heterocycles. The summed E-state index contributed by atoms with van der Waals surface area (Å²) in [5.74, 6) is 0.479. The van der Waals surface area contributed by atoms with Gasteiger partial charge >= 0.3 is 0 Å². The molecule has 0 aromatic heterocycles. The van der Waals surface area contributed by atoms with Gasteiger partial charge in [-0.15, -0.1) is 12.4 Å². The lowest BCUT2D eigenvalue weighted by molar-refractivity contribution is -0.124. The van der Waals surface area contributed by atoms with E-state index in [0.29, 0.717) is 12.3 Å². The van der Waals surface area contributed by atoms with Crippen LogP contribution in [-0.2, 0) is 9.59 Å². The number of hydrogen-bond donors (Lipinski definition) is 0. The van der Waals surface area contributed by atoms with Crippen molar-refractivity contribution in [3.63, 3.8) is 0 Å². The van der Waals surface area contributed by atoms with Crippen LogP contribution in [0.5, 0.6) is 5.75 Å². The zero-order chi connectivity index (χ0) is 17.7. The summed E-state index contributed by atoms with van der Waals surface area (Å²) in [7, 11) is 4.00. The SMILES string of the molecule is CC(=O)N(C(C)=O)c1cc(C(C)C)c(OCCN(C)C)cc1C.Cl. The second kappa shape index (κ2) is 9.64. The Hall–Kier alpha value is -1.59. The van der Waals surface area contributed by atoms with Gasteiger partial charge in [0.1, 0.15) is 12.4 Å². The molecule has 6 heteroatoms. The van der Waals surface area contributed by atoms with Gasteiger partial charge in [-0.3, -0.25) is 14.5 Å². The topological polar surface area (TPSA) is 49.9 Å². The number of amides is 2. The summed E-state index contributed by atoms with van der Waals surface area (Å²) in [5, 5.41) is 0. The Labute approximate surface area is 151 Å². The normalized spacial score (nSPS) is 10.5. The van der Waals surface area contributed by atoms with Crippen LogP contribution in [0, 0.1) is 6.92 Å². The Bertz CT molecular complexity index is 572. The molecule has 1 aromatic rings. The molecule has 24 heavy (non-hydrogen) atoms. The minimum Gasteiger partial charge on any atom is -0.492 e. The van der Waals surface area contributed by atoms with E-state index in [2.05, 4.69) is 18.7 Å². The Morgan fingerprint density at radius 3 is 2.08 bits per heavy atom. The van der Waals surface area contributed by atoms with Crippen LogP contribution in [0.1, 0.15) is 44.7 Å². The average Bonchev–Trinajstić information content (AvgIpc) is 2.39. The lowest BCUT2D eigenvalue weighted by Gasteiger charge is -2.23. The van der Waals surface area contributed by atoms with Crippen LogP contribution in [-0.4, -0.2) is 44.0 Å². The molecule has 0 aliphatic carbocycles. The zero-order valence-corrected chi connectivity index (χ0v) is 16.5. The van der Waals surface area contributed by atoms with E-state index in [1.165, 1.54) is 18.7 Å². The molecule has 0 bridgehead atoms. The molecular formula is C18H29ClN2O3. The standard InChI is InChI=1S/C18H28N2O3.ClH/c1-12(2)16-11-17(20(14(4)21)15(5)22)13(3)10-18(16)23-9-8-19(6)7;/h10-12H,8-9H2,1-7H3;1H. The molecule has 0 heterocycles. The highest BCUT2D eigenvalue weighted by Gasteiger charge is 2.21. The van der Waals surface area contributed by atoms with Crippen LogP contribution >= 0.6 is 12.4 Å². The van der Waals surface area contributed by atoms with Crippen molar-refractivity contribution in [1.29, 1.82) is 0 Å². The van der Waals surface area contributed by atoms with Gasteiger partial charge in [0.05, 0.1) is 5.69 Å². The van der Waals surface area contributed by atoms with Crippen LogP contribution in [0.3, 0.4) is 0 Å². The van der Waals surface area contributed by atoms with Crippen LogP contribution in [0.4, 0.5) is 5.69 Å². The van der Waals surface area contributed by atoms with E-state index in [1.807, 2.05) is 33.2 Å². The first-order valence-electron chi connectivity index (χ1n) is 7.88. The molecule has 0 saturated carbocycles. The molecule has 0 unspecified atom stereocenters. The fraction of sp³-hybridized carbons (Fsp3) is 0.556. The highest BCUT2D eigenvalue weighted by Crippen LogP contribution is 2.34. The van der Waals surface area contributed by atoms with Gasteiger partial charge in [-0.25, -0.2) is 0 Å². The molecule has 0 atom stereocenters. The fourth-order valence-electron chi connectivity index (χ4n) is 2.40. The first-order chi connectivity index (χ1) is 10.6. The number of benzene rings is 1. The maximum atomic E-state index is 11.8. The van der Waals surface area contributed by atoms with Gasteiger partial charge in [-0.2, -0.15) is 0 Å². The van der Waals surface area contributed by atoms with Crippen molar-refractivity contribution in [2.45, 2.75) is 40.5 Å². The van der Waals surface area contributed by atoms with Crippen LogP contribution in [0.2, 0.25) is 0 Å². The summed E-state index contributed by atoms with van der Waals surface area (Å²) in [6.07, 6.45) is 0. The van der Waals surface area contributed by atoms with E-state index in [1.54, 1.807) is 0 Å². The third-order valence-corrected chi connectivity index (χ3v) is 3.62. The number of halogens is 1. The number of anilines is 1. The van der Waals surface area contributed by atoms with E-state index in [0.717, 1.165) is 23.4 Å². The van der Waals surface area contributed by atoms with Gasteiger partial charge in [-0.1, -0.05) is 13.8 Å². The predicted molar refractivity (Wildman–Crippen MR) is 100 cm³/mol. The van der Waals surface area contributed by atoms with Gasteiger partial charge in [0.2, 0.25) is 11.8 Å². The first kappa shape index (κ1) is 22.4. The number of likely N-dealkylation sites (N-methyl/N-ethyl adjacent to an activating group) is 1. The fourth-order valence-corrected chi connectivity index (χ4v) is 2.40. The Balaban J connectivity index is 0.00000529. The quantitative estimate of drug-likeness (QED) is 0.784.